The molecule has 0 amide bonds. The summed E-state index contributed by atoms with van der Waals surface area (Å²) in [5.41, 5.74) is 0. The van der Waals surface area contributed by atoms with Crippen LogP contribution in [0.5, 0.6) is 0 Å². The SMILES string of the molecule is CC(C)CNc1nccn1CC1CCOC1. The lowest BCUT2D eigenvalue weighted by Crippen LogP contribution is -2.16. The normalized spacial score (nSPS) is 20.6. The van der Waals surface area contributed by atoms with Crippen molar-refractivity contribution < 1.29 is 4.74 Å². The fourth-order valence-corrected chi connectivity index (χ4v) is 1.92. The predicted octanol–water partition coefficient (Wildman–Crippen LogP) is 1.99. The van der Waals surface area contributed by atoms with Crippen molar-refractivity contribution in [2.45, 2.75) is 26.8 Å². The molecule has 1 aromatic heterocycles. The van der Waals surface area contributed by atoms with Gasteiger partial charge in [-0.2, -0.15) is 0 Å². The average Bonchev–Trinajstić information content (AvgIpc) is 2.87. The minimum Gasteiger partial charge on any atom is -0.381 e. The Kier molecular flexibility index (Phi) is 3.83. The Labute approximate surface area is 97.0 Å². The summed E-state index contributed by atoms with van der Waals surface area (Å²) in [7, 11) is 0. The van der Waals surface area contributed by atoms with Gasteiger partial charge in [0.15, 0.2) is 0 Å². The Morgan fingerprint density at radius 2 is 2.50 bits per heavy atom. The highest BCUT2D eigenvalue weighted by atomic mass is 16.5. The van der Waals surface area contributed by atoms with Gasteiger partial charge in [-0.1, -0.05) is 13.8 Å². The topological polar surface area (TPSA) is 39.1 Å². The quantitative estimate of drug-likeness (QED) is 0.829. The van der Waals surface area contributed by atoms with Crippen LogP contribution in [0.25, 0.3) is 0 Å². The van der Waals surface area contributed by atoms with Crippen LogP contribution in [0.3, 0.4) is 0 Å². The van der Waals surface area contributed by atoms with Crippen LogP contribution in [-0.4, -0.2) is 29.3 Å². The summed E-state index contributed by atoms with van der Waals surface area (Å²) in [5, 5.41) is 3.38. The van der Waals surface area contributed by atoms with Gasteiger partial charge >= 0.3 is 0 Å². The molecule has 0 saturated carbocycles. The molecule has 0 spiro atoms. The van der Waals surface area contributed by atoms with Crippen LogP contribution in [0.15, 0.2) is 12.4 Å². The summed E-state index contributed by atoms with van der Waals surface area (Å²) >= 11 is 0. The molecular weight excluding hydrogens is 202 g/mol. The van der Waals surface area contributed by atoms with E-state index in [-0.39, 0.29) is 0 Å². The second-order valence-electron chi connectivity index (χ2n) is 4.91. The third kappa shape index (κ3) is 2.98. The lowest BCUT2D eigenvalue weighted by atomic mass is 10.1. The van der Waals surface area contributed by atoms with E-state index in [1.165, 1.54) is 6.42 Å². The average molecular weight is 223 g/mol. The van der Waals surface area contributed by atoms with Crippen LogP contribution < -0.4 is 5.32 Å². The van der Waals surface area contributed by atoms with Gasteiger partial charge in [0.05, 0.1) is 6.61 Å². The van der Waals surface area contributed by atoms with Crippen molar-refractivity contribution in [3.63, 3.8) is 0 Å². The van der Waals surface area contributed by atoms with Crippen LogP contribution in [0.2, 0.25) is 0 Å². The Hall–Kier alpha value is -1.03. The summed E-state index contributed by atoms with van der Waals surface area (Å²) in [4.78, 5) is 4.34. The minimum atomic E-state index is 0.639. The second kappa shape index (κ2) is 5.34. The first-order valence-electron chi connectivity index (χ1n) is 6.08. The zero-order chi connectivity index (χ0) is 11.4. The van der Waals surface area contributed by atoms with E-state index >= 15 is 0 Å². The third-order valence-electron chi connectivity index (χ3n) is 2.86. The van der Waals surface area contributed by atoms with Gasteiger partial charge in [-0.3, -0.25) is 0 Å². The number of hydrogen-bond acceptors (Lipinski definition) is 3. The molecule has 1 aliphatic heterocycles. The predicted molar refractivity (Wildman–Crippen MR) is 64.5 cm³/mol. The Bertz CT molecular complexity index is 316. The summed E-state index contributed by atoms with van der Waals surface area (Å²) in [6.45, 7) is 8.19. The third-order valence-corrected chi connectivity index (χ3v) is 2.86. The first-order chi connectivity index (χ1) is 7.75. The van der Waals surface area contributed by atoms with E-state index in [2.05, 4.69) is 28.7 Å². The van der Waals surface area contributed by atoms with Crippen molar-refractivity contribution >= 4 is 5.95 Å². The van der Waals surface area contributed by atoms with Crippen molar-refractivity contribution in [3.05, 3.63) is 12.4 Å². The summed E-state index contributed by atoms with van der Waals surface area (Å²) in [6, 6.07) is 0. The van der Waals surface area contributed by atoms with Gasteiger partial charge in [-0.25, -0.2) is 4.98 Å². The first-order valence-corrected chi connectivity index (χ1v) is 6.08. The van der Waals surface area contributed by atoms with Gasteiger partial charge in [-0.05, 0) is 12.3 Å². The number of hydrogen-bond donors (Lipinski definition) is 1. The maximum atomic E-state index is 5.39. The Balaban J connectivity index is 1.90. The number of nitrogens with zero attached hydrogens (tertiary/aromatic N) is 2. The molecular formula is C12H21N3O. The molecule has 0 aromatic carbocycles. The van der Waals surface area contributed by atoms with E-state index in [0.29, 0.717) is 11.8 Å². The first kappa shape index (κ1) is 11.5. The maximum absolute atomic E-state index is 5.39. The molecule has 2 heterocycles. The fourth-order valence-electron chi connectivity index (χ4n) is 1.92. The lowest BCUT2D eigenvalue weighted by molar-refractivity contribution is 0.182. The van der Waals surface area contributed by atoms with E-state index in [0.717, 1.165) is 32.3 Å². The Morgan fingerprint density at radius 1 is 1.62 bits per heavy atom. The highest BCUT2D eigenvalue weighted by Gasteiger charge is 2.17. The summed E-state index contributed by atoms with van der Waals surface area (Å²) in [6.07, 6.45) is 5.07. The van der Waals surface area contributed by atoms with Gasteiger partial charge in [0.2, 0.25) is 5.95 Å². The molecule has 90 valence electrons. The van der Waals surface area contributed by atoms with Gasteiger partial charge in [0.1, 0.15) is 0 Å². The van der Waals surface area contributed by atoms with Gasteiger partial charge in [-0.15, -0.1) is 0 Å². The molecule has 0 radical (unpaired) electrons. The van der Waals surface area contributed by atoms with Crippen LogP contribution >= 0.6 is 0 Å². The molecule has 16 heavy (non-hydrogen) atoms. The molecule has 1 unspecified atom stereocenters. The number of anilines is 1. The molecule has 1 aliphatic rings. The smallest absolute Gasteiger partial charge is 0.202 e. The molecule has 1 N–H and O–H groups in total. The minimum absolute atomic E-state index is 0.639. The standard InChI is InChI=1S/C12H21N3O/c1-10(2)7-14-12-13-4-5-15(12)8-11-3-6-16-9-11/h4-5,10-11H,3,6-9H2,1-2H3,(H,13,14). The molecule has 1 atom stereocenters. The van der Waals surface area contributed by atoms with E-state index < -0.39 is 0 Å². The molecule has 1 aromatic rings. The monoisotopic (exact) mass is 223 g/mol. The summed E-state index contributed by atoms with van der Waals surface area (Å²) < 4.78 is 7.59. The largest absolute Gasteiger partial charge is 0.381 e. The highest BCUT2D eigenvalue weighted by Crippen LogP contribution is 2.17. The molecule has 1 saturated heterocycles. The number of imidazole rings is 1. The maximum Gasteiger partial charge on any atom is 0.202 e. The van der Waals surface area contributed by atoms with E-state index in [1.54, 1.807) is 0 Å². The zero-order valence-corrected chi connectivity index (χ0v) is 10.1. The number of rotatable bonds is 5. The molecule has 0 bridgehead atoms. The van der Waals surface area contributed by atoms with Gasteiger partial charge < -0.3 is 14.6 Å². The molecule has 4 heteroatoms. The number of nitrogens with one attached hydrogen (secondary N) is 1. The number of ether oxygens (including phenoxy) is 1. The zero-order valence-electron chi connectivity index (χ0n) is 10.1. The van der Waals surface area contributed by atoms with Crippen molar-refractivity contribution in [3.8, 4) is 0 Å². The van der Waals surface area contributed by atoms with Crippen molar-refractivity contribution in [2.75, 3.05) is 25.1 Å². The van der Waals surface area contributed by atoms with Crippen LogP contribution in [0.4, 0.5) is 5.95 Å². The van der Waals surface area contributed by atoms with E-state index in [1.807, 2.05) is 12.4 Å². The van der Waals surface area contributed by atoms with E-state index in [4.69, 9.17) is 4.74 Å². The Morgan fingerprint density at radius 3 is 3.19 bits per heavy atom. The van der Waals surface area contributed by atoms with Gasteiger partial charge in [0.25, 0.3) is 0 Å². The van der Waals surface area contributed by atoms with Crippen LogP contribution in [-0.2, 0) is 11.3 Å². The van der Waals surface area contributed by atoms with Crippen molar-refractivity contribution in [2.24, 2.45) is 11.8 Å². The van der Waals surface area contributed by atoms with E-state index in [9.17, 15) is 0 Å². The highest BCUT2D eigenvalue weighted by molar-refractivity contribution is 5.25. The molecule has 0 aliphatic carbocycles. The fraction of sp³-hybridized carbons (Fsp3) is 0.750. The molecule has 1 fully saturated rings. The van der Waals surface area contributed by atoms with Gasteiger partial charge in [0, 0.05) is 38.0 Å². The molecule has 4 nitrogen and oxygen atoms in total. The lowest BCUT2D eigenvalue weighted by Gasteiger charge is -2.13. The van der Waals surface area contributed by atoms with Crippen molar-refractivity contribution in [1.82, 2.24) is 9.55 Å². The number of aromatic nitrogens is 2. The molecule has 2 rings (SSSR count). The van der Waals surface area contributed by atoms with Crippen LogP contribution in [0, 0.1) is 11.8 Å². The van der Waals surface area contributed by atoms with Crippen LogP contribution in [0.1, 0.15) is 20.3 Å². The summed E-state index contributed by atoms with van der Waals surface area (Å²) in [5.74, 6) is 2.27. The van der Waals surface area contributed by atoms with Crippen molar-refractivity contribution in [1.29, 1.82) is 0 Å². The second-order valence-corrected chi connectivity index (χ2v) is 4.91.